The van der Waals surface area contributed by atoms with Crippen LogP contribution in [0.5, 0.6) is 0 Å². The molecule has 2 N–H and O–H groups in total. The number of carboxylic acids is 1. The Bertz CT molecular complexity index is 295. The van der Waals surface area contributed by atoms with Gasteiger partial charge in [0.2, 0.25) is 0 Å². The Hall–Kier alpha value is -1.10. The molecule has 0 unspecified atom stereocenters. The van der Waals surface area contributed by atoms with Crippen molar-refractivity contribution in [1.82, 2.24) is 5.32 Å². The third-order valence-corrected chi connectivity index (χ3v) is 2.73. The lowest BCUT2D eigenvalue weighted by atomic mass is 9.99. The Morgan fingerprint density at radius 3 is 2.41 bits per heavy atom. The summed E-state index contributed by atoms with van der Waals surface area (Å²) in [6.07, 6.45) is 1.68. The Labute approximate surface area is 102 Å². The lowest BCUT2D eigenvalue weighted by Crippen LogP contribution is -2.35. The van der Waals surface area contributed by atoms with E-state index < -0.39 is 17.6 Å². The first-order valence-corrected chi connectivity index (χ1v) is 5.98. The molecule has 1 rings (SSSR count). The Morgan fingerprint density at radius 2 is 1.88 bits per heavy atom. The van der Waals surface area contributed by atoms with Gasteiger partial charge >= 0.3 is 11.9 Å². The van der Waals surface area contributed by atoms with Crippen molar-refractivity contribution >= 4 is 11.9 Å². The van der Waals surface area contributed by atoms with E-state index in [0.29, 0.717) is 25.8 Å². The van der Waals surface area contributed by atoms with Crippen LogP contribution in [0, 0.1) is 5.92 Å². The molecule has 5 heteroatoms. The fourth-order valence-electron chi connectivity index (χ4n) is 1.88. The summed E-state index contributed by atoms with van der Waals surface area (Å²) in [4.78, 5) is 22.7. The van der Waals surface area contributed by atoms with E-state index in [4.69, 9.17) is 9.84 Å². The number of carbonyl (C=O) groups is 2. The van der Waals surface area contributed by atoms with Crippen LogP contribution in [0.4, 0.5) is 0 Å². The van der Waals surface area contributed by atoms with Gasteiger partial charge in [0, 0.05) is 0 Å². The number of hydrogen-bond donors (Lipinski definition) is 2. The first-order valence-electron chi connectivity index (χ1n) is 5.98. The highest BCUT2D eigenvalue weighted by Gasteiger charge is 2.29. The van der Waals surface area contributed by atoms with Crippen LogP contribution in [0.3, 0.4) is 0 Å². The smallest absolute Gasteiger partial charge is 0.320 e. The van der Waals surface area contributed by atoms with Gasteiger partial charge in [0.25, 0.3) is 0 Å². The Kier molecular flexibility index (Phi) is 4.51. The molecule has 0 aliphatic carbocycles. The zero-order chi connectivity index (χ0) is 13.1. The van der Waals surface area contributed by atoms with Crippen molar-refractivity contribution < 1.29 is 19.4 Å². The summed E-state index contributed by atoms with van der Waals surface area (Å²) in [6.45, 7) is 6.04. The van der Waals surface area contributed by atoms with Gasteiger partial charge in [0.1, 0.15) is 11.6 Å². The number of rotatable bonds is 2. The van der Waals surface area contributed by atoms with Gasteiger partial charge in [0.15, 0.2) is 0 Å². The van der Waals surface area contributed by atoms with Crippen molar-refractivity contribution in [3.05, 3.63) is 0 Å². The van der Waals surface area contributed by atoms with E-state index in [9.17, 15) is 9.59 Å². The fourth-order valence-corrected chi connectivity index (χ4v) is 1.88. The van der Waals surface area contributed by atoms with Gasteiger partial charge < -0.3 is 15.2 Å². The molecule has 2 atom stereocenters. The molecule has 1 aliphatic heterocycles. The van der Waals surface area contributed by atoms with Gasteiger partial charge in [0.05, 0.1) is 5.92 Å². The minimum atomic E-state index is -0.852. The predicted octanol–water partition coefficient (Wildman–Crippen LogP) is 1.17. The molecule has 98 valence electrons. The summed E-state index contributed by atoms with van der Waals surface area (Å²) in [6, 6.07) is -0.539. The van der Waals surface area contributed by atoms with Crippen LogP contribution in [-0.4, -0.2) is 35.2 Å². The maximum Gasteiger partial charge on any atom is 0.320 e. The highest BCUT2D eigenvalue weighted by Crippen LogP contribution is 2.21. The molecule has 0 amide bonds. The molecule has 17 heavy (non-hydrogen) atoms. The second-order valence-corrected chi connectivity index (χ2v) is 5.44. The topological polar surface area (TPSA) is 75.6 Å². The van der Waals surface area contributed by atoms with E-state index >= 15 is 0 Å². The van der Waals surface area contributed by atoms with E-state index in [2.05, 4.69) is 5.32 Å². The molecule has 0 spiro atoms. The lowest BCUT2D eigenvalue weighted by Gasteiger charge is -2.23. The van der Waals surface area contributed by atoms with E-state index in [1.54, 1.807) is 0 Å². The lowest BCUT2D eigenvalue weighted by molar-refractivity contribution is -0.160. The molecule has 0 radical (unpaired) electrons. The second-order valence-electron chi connectivity index (χ2n) is 5.44. The van der Waals surface area contributed by atoms with Crippen molar-refractivity contribution in [3.63, 3.8) is 0 Å². The highest BCUT2D eigenvalue weighted by atomic mass is 16.6. The monoisotopic (exact) mass is 243 g/mol. The molecule has 0 bridgehead atoms. The van der Waals surface area contributed by atoms with E-state index in [0.717, 1.165) is 0 Å². The van der Waals surface area contributed by atoms with Crippen LogP contribution in [0.25, 0.3) is 0 Å². The Morgan fingerprint density at radius 1 is 1.24 bits per heavy atom. The molecule has 5 nitrogen and oxygen atoms in total. The van der Waals surface area contributed by atoms with Crippen LogP contribution >= 0.6 is 0 Å². The zero-order valence-electron chi connectivity index (χ0n) is 10.7. The van der Waals surface area contributed by atoms with Crippen LogP contribution in [0.1, 0.15) is 40.0 Å². The molecule has 0 aromatic carbocycles. The third kappa shape index (κ3) is 4.73. The number of hydrogen-bond acceptors (Lipinski definition) is 4. The summed E-state index contributed by atoms with van der Waals surface area (Å²) >= 11 is 0. The summed E-state index contributed by atoms with van der Waals surface area (Å²) in [5, 5.41) is 11.8. The molecular formula is C12H21NO4. The maximum atomic E-state index is 11.8. The van der Waals surface area contributed by atoms with Crippen LogP contribution in [-0.2, 0) is 14.3 Å². The number of carboxylic acid groups (broad SMARTS) is 1. The van der Waals surface area contributed by atoms with E-state index in [-0.39, 0.29) is 11.9 Å². The molecule has 1 fully saturated rings. The molecule has 0 aromatic heterocycles. The van der Waals surface area contributed by atoms with Crippen LogP contribution in [0.15, 0.2) is 0 Å². The average Bonchev–Trinajstić information content (AvgIpc) is 2.39. The SMILES string of the molecule is CC(C)(C)OC(=O)[C@@H]1CCN[C@H](C(=O)O)CC1. The van der Waals surface area contributed by atoms with Crippen LogP contribution < -0.4 is 5.32 Å². The van der Waals surface area contributed by atoms with Crippen molar-refractivity contribution in [2.24, 2.45) is 5.92 Å². The van der Waals surface area contributed by atoms with Crippen molar-refractivity contribution in [2.45, 2.75) is 51.7 Å². The molecule has 1 aliphatic rings. The first-order chi connectivity index (χ1) is 7.79. The summed E-state index contributed by atoms with van der Waals surface area (Å²) in [7, 11) is 0. The van der Waals surface area contributed by atoms with Gasteiger partial charge in [-0.05, 0) is 46.6 Å². The molecular weight excluding hydrogens is 222 g/mol. The largest absolute Gasteiger partial charge is 0.480 e. The third-order valence-electron chi connectivity index (χ3n) is 2.73. The summed E-state index contributed by atoms with van der Waals surface area (Å²) < 4.78 is 5.31. The minimum Gasteiger partial charge on any atom is -0.480 e. The van der Waals surface area contributed by atoms with Gasteiger partial charge in [-0.2, -0.15) is 0 Å². The second kappa shape index (κ2) is 5.49. The van der Waals surface area contributed by atoms with Crippen molar-refractivity contribution in [1.29, 1.82) is 0 Å². The zero-order valence-corrected chi connectivity index (χ0v) is 10.7. The summed E-state index contributed by atoms with van der Waals surface area (Å²) in [5.74, 6) is -1.26. The number of carbonyl (C=O) groups excluding carboxylic acids is 1. The normalized spacial score (nSPS) is 26.1. The van der Waals surface area contributed by atoms with Gasteiger partial charge in [-0.15, -0.1) is 0 Å². The molecule has 1 heterocycles. The van der Waals surface area contributed by atoms with E-state index in [1.165, 1.54) is 0 Å². The highest BCUT2D eigenvalue weighted by molar-refractivity contribution is 5.75. The standard InChI is InChI=1S/C12H21NO4/c1-12(2,3)17-11(16)8-4-5-9(10(14)15)13-7-6-8/h8-9,13H,4-7H2,1-3H3,(H,14,15)/t8-,9-/m0/s1. The van der Waals surface area contributed by atoms with Gasteiger partial charge in [-0.3, -0.25) is 9.59 Å². The van der Waals surface area contributed by atoms with Gasteiger partial charge in [-0.25, -0.2) is 0 Å². The van der Waals surface area contributed by atoms with E-state index in [1.807, 2.05) is 20.8 Å². The number of ether oxygens (including phenoxy) is 1. The molecule has 0 aromatic rings. The fraction of sp³-hybridized carbons (Fsp3) is 0.833. The van der Waals surface area contributed by atoms with Crippen molar-refractivity contribution in [3.8, 4) is 0 Å². The minimum absolute atomic E-state index is 0.189. The maximum absolute atomic E-state index is 11.8. The van der Waals surface area contributed by atoms with Crippen molar-refractivity contribution in [2.75, 3.05) is 6.54 Å². The quantitative estimate of drug-likeness (QED) is 0.712. The number of esters is 1. The average molecular weight is 243 g/mol. The number of nitrogens with one attached hydrogen (secondary N) is 1. The molecule has 1 saturated heterocycles. The predicted molar refractivity (Wildman–Crippen MR) is 62.6 cm³/mol. The van der Waals surface area contributed by atoms with Crippen LogP contribution in [0.2, 0.25) is 0 Å². The molecule has 0 saturated carbocycles. The summed E-state index contributed by atoms with van der Waals surface area (Å²) in [5.41, 5.74) is -0.483. The first kappa shape index (κ1) is 14.0. The van der Waals surface area contributed by atoms with Gasteiger partial charge in [-0.1, -0.05) is 0 Å². The number of aliphatic carboxylic acids is 1. The Balaban J connectivity index is 2.51.